The zero-order valence-corrected chi connectivity index (χ0v) is 19.7. The van der Waals surface area contributed by atoms with E-state index < -0.39 is 5.79 Å². The molecule has 5 N–H and O–H groups in total. The Bertz CT molecular complexity index is 949. The molecule has 174 valence electrons. The smallest absolute Gasteiger partial charge is 0.162 e. The number of nitrogen functional groups attached to an aromatic ring is 2. The molecule has 0 amide bonds. The van der Waals surface area contributed by atoms with Crippen molar-refractivity contribution in [1.29, 1.82) is 0 Å². The molecule has 7 heteroatoms. The minimum absolute atomic E-state index is 0.160. The third-order valence-electron chi connectivity index (χ3n) is 6.62. The molecule has 0 bridgehead atoms. The van der Waals surface area contributed by atoms with E-state index in [1.165, 1.54) is 11.1 Å². The van der Waals surface area contributed by atoms with Gasteiger partial charge in [-0.25, -0.2) is 4.98 Å². The zero-order chi connectivity index (χ0) is 22.9. The molecule has 1 fully saturated rings. The van der Waals surface area contributed by atoms with E-state index in [2.05, 4.69) is 29.4 Å². The summed E-state index contributed by atoms with van der Waals surface area (Å²) in [5.41, 5.74) is 17.5. The molecule has 2 heterocycles. The molecule has 7 nitrogen and oxygen atoms in total. The van der Waals surface area contributed by atoms with Crippen LogP contribution in [-0.2, 0) is 22.3 Å². The van der Waals surface area contributed by atoms with E-state index in [0.717, 1.165) is 42.8 Å². The maximum absolute atomic E-state index is 6.47. The number of fused-ring (bicyclic) bond motifs is 1. The first-order valence-electron chi connectivity index (χ1n) is 11.4. The minimum Gasteiger partial charge on any atom is -0.497 e. The van der Waals surface area contributed by atoms with Gasteiger partial charge < -0.3 is 31.0 Å². The third-order valence-corrected chi connectivity index (χ3v) is 6.62. The van der Waals surface area contributed by atoms with E-state index in [-0.39, 0.29) is 5.41 Å². The van der Waals surface area contributed by atoms with Crippen molar-refractivity contribution in [1.82, 2.24) is 4.98 Å². The van der Waals surface area contributed by atoms with Crippen LogP contribution >= 0.6 is 0 Å². The Morgan fingerprint density at radius 3 is 2.47 bits per heavy atom. The van der Waals surface area contributed by atoms with Crippen LogP contribution in [0.25, 0.3) is 0 Å². The van der Waals surface area contributed by atoms with Crippen molar-refractivity contribution in [3.05, 3.63) is 41.1 Å². The van der Waals surface area contributed by atoms with Crippen LogP contribution in [0, 0.1) is 5.41 Å². The predicted octanol–water partition coefficient (Wildman–Crippen LogP) is 4.12. The van der Waals surface area contributed by atoms with Crippen LogP contribution in [-0.4, -0.2) is 37.6 Å². The molecule has 2 aliphatic rings. The number of pyridine rings is 1. The Kier molecular flexibility index (Phi) is 6.23. The molecule has 1 aliphatic carbocycles. The van der Waals surface area contributed by atoms with Gasteiger partial charge in [-0.1, -0.05) is 19.1 Å². The van der Waals surface area contributed by atoms with Crippen LogP contribution in [0.5, 0.6) is 5.75 Å². The molecule has 2 aromatic rings. The van der Waals surface area contributed by atoms with Crippen LogP contribution in [0.15, 0.2) is 24.3 Å². The van der Waals surface area contributed by atoms with Gasteiger partial charge in [-0.2, -0.15) is 0 Å². The monoisotopic (exact) mass is 440 g/mol. The average molecular weight is 441 g/mol. The summed E-state index contributed by atoms with van der Waals surface area (Å²) in [5, 5.41) is 3.63. The van der Waals surface area contributed by atoms with Crippen LogP contribution in [0.1, 0.15) is 56.4 Å². The fourth-order valence-electron chi connectivity index (χ4n) is 4.60. The predicted molar refractivity (Wildman–Crippen MR) is 128 cm³/mol. The summed E-state index contributed by atoms with van der Waals surface area (Å²) in [6.45, 7) is 7.97. The number of nitrogens with zero attached hydrogens (tertiary/aromatic N) is 1. The van der Waals surface area contributed by atoms with E-state index in [1.807, 2.05) is 26.0 Å². The van der Waals surface area contributed by atoms with Crippen LogP contribution in [0.2, 0.25) is 0 Å². The fourth-order valence-corrected chi connectivity index (χ4v) is 4.60. The number of aromatic nitrogens is 1. The second kappa shape index (κ2) is 8.79. The van der Waals surface area contributed by atoms with E-state index in [0.29, 0.717) is 37.2 Å². The topological polar surface area (TPSA) is 105 Å². The molecule has 1 atom stereocenters. The Balaban J connectivity index is 1.59. The Morgan fingerprint density at radius 1 is 1.12 bits per heavy atom. The second-order valence-corrected chi connectivity index (χ2v) is 9.93. The fraction of sp³-hybridized carbons (Fsp3) is 0.560. The lowest BCUT2D eigenvalue weighted by molar-refractivity contribution is -0.279. The number of benzene rings is 1. The Labute approximate surface area is 190 Å². The van der Waals surface area contributed by atoms with Crippen molar-refractivity contribution in [2.24, 2.45) is 5.41 Å². The summed E-state index contributed by atoms with van der Waals surface area (Å²) in [4.78, 5) is 4.67. The van der Waals surface area contributed by atoms with Gasteiger partial charge in [0.15, 0.2) is 5.79 Å². The molecule has 0 radical (unpaired) electrons. The summed E-state index contributed by atoms with van der Waals surface area (Å²) in [5.74, 6) is 1.06. The van der Waals surface area contributed by atoms with Crippen LogP contribution in [0.4, 0.5) is 17.2 Å². The average Bonchev–Trinajstić information content (AvgIpc) is 2.77. The second-order valence-electron chi connectivity index (χ2n) is 9.93. The number of rotatable bonds is 6. The lowest BCUT2D eigenvalue weighted by Crippen LogP contribution is -2.48. The Hall–Kier alpha value is -2.51. The molecule has 1 unspecified atom stereocenters. The van der Waals surface area contributed by atoms with E-state index in [4.69, 9.17) is 25.7 Å². The van der Waals surface area contributed by atoms with Gasteiger partial charge in [0.2, 0.25) is 0 Å². The number of hydrogen-bond donors (Lipinski definition) is 3. The van der Waals surface area contributed by atoms with Gasteiger partial charge >= 0.3 is 0 Å². The molecule has 1 saturated heterocycles. The SMILES string of the molecule is COc1ccc(CC2CCCc3nc(N)c(N)c(NCC4(C)COC(C)(C)OC4)c32)cc1. The molecule has 1 aliphatic heterocycles. The van der Waals surface area contributed by atoms with E-state index >= 15 is 0 Å². The van der Waals surface area contributed by atoms with Gasteiger partial charge in [-0.05, 0) is 63.1 Å². The maximum atomic E-state index is 6.47. The molecular formula is C25H36N4O3. The van der Waals surface area contributed by atoms with Crippen molar-refractivity contribution in [3.63, 3.8) is 0 Å². The number of hydrogen-bond acceptors (Lipinski definition) is 7. The number of methoxy groups -OCH3 is 1. The first kappa shape index (κ1) is 22.7. The zero-order valence-electron chi connectivity index (χ0n) is 19.7. The standard InChI is InChI=1S/C25H36N4O3/c1-24(2)31-14-25(3,15-32-24)13-28-22-20-17(12-16-8-10-18(30-4)11-9-16)6-5-7-19(20)29-23(27)21(22)26/h8-11,17H,5-7,12-15,26H2,1-4H3,(H3,27,28,29). The highest BCUT2D eigenvalue weighted by molar-refractivity contribution is 5.80. The summed E-state index contributed by atoms with van der Waals surface area (Å²) in [6, 6.07) is 8.29. The number of aryl methyl sites for hydroxylation is 1. The van der Waals surface area contributed by atoms with Gasteiger partial charge in [0.1, 0.15) is 11.6 Å². The van der Waals surface area contributed by atoms with Crippen molar-refractivity contribution in [2.45, 2.75) is 58.2 Å². The van der Waals surface area contributed by atoms with Crippen molar-refractivity contribution in [3.8, 4) is 5.75 Å². The summed E-state index contributed by atoms with van der Waals surface area (Å²) < 4.78 is 17.1. The van der Waals surface area contributed by atoms with E-state index in [1.54, 1.807) is 7.11 Å². The highest BCUT2D eigenvalue weighted by Crippen LogP contribution is 2.43. The summed E-state index contributed by atoms with van der Waals surface area (Å²) in [7, 11) is 1.69. The lowest BCUT2D eigenvalue weighted by Gasteiger charge is -2.42. The summed E-state index contributed by atoms with van der Waals surface area (Å²) >= 11 is 0. The van der Waals surface area contributed by atoms with Crippen LogP contribution < -0.4 is 21.5 Å². The van der Waals surface area contributed by atoms with E-state index in [9.17, 15) is 0 Å². The number of nitrogens with one attached hydrogen (secondary N) is 1. The maximum Gasteiger partial charge on any atom is 0.162 e. The highest BCUT2D eigenvalue weighted by Gasteiger charge is 2.37. The van der Waals surface area contributed by atoms with Crippen LogP contribution in [0.3, 0.4) is 0 Å². The van der Waals surface area contributed by atoms with Gasteiger partial charge in [0.05, 0.1) is 31.7 Å². The lowest BCUT2D eigenvalue weighted by atomic mass is 9.80. The Morgan fingerprint density at radius 2 is 1.81 bits per heavy atom. The molecule has 4 rings (SSSR count). The minimum atomic E-state index is -0.539. The van der Waals surface area contributed by atoms with Crippen molar-refractivity contribution >= 4 is 17.2 Å². The molecule has 0 spiro atoms. The number of ether oxygens (including phenoxy) is 3. The normalized spacial score (nSPS) is 21.6. The quantitative estimate of drug-likeness (QED) is 0.621. The highest BCUT2D eigenvalue weighted by atomic mass is 16.7. The third kappa shape index (κ3) is 4.79. The van der Waals surface area contributed by atoms with Gasteiger partial charge in [-0.3, -0.25) is 0 Å². The molecule has 32 heavy (non-hydrogen) atoms. The summed E-state index contributed by atoms with van der Waals surface area (Å²) in [6.07, 6.45) is 4.04. The van der Waals surface area contributed by atoms with Crippen molar-refractivity contribution < 1.29 is 14.2 Å². The number of anilines is 3. The molecule has 1 aromatic heterocycles. The van der Waals surface area contributed by atoms with Gasteiger partial charge in [-0.15, -0.1) is 0 Å². The largest absolute Gasteiger partial charge is 0.497 e. The van der Waals surface area contributed by atoms with Crippen molar-refractivity contribution in [2.75, 3.05) is 43.7 Å². The number of nitrogens with two attached hydrogens (primary N) is 2. The van der Waals surface area contributed by atoms with Gasteiger partial charge in [0, 0.05) is 23.2 Å². The molecular weight excluding hydrogens is 404 g/mol. The van der Waals surface area contributed by atoms with Gasteiger partial charge in [0.25, 0.3) is 0 Å². The molecule has 0 saturated carbocycles. The first-order chi connectivity index (χ1) is 15.2. The first-order valence-corrected chi connectivity index (χ1v) is 11.4. The molecule has 1 aromatic carbocycles.